The van der Waals surface area contributed by atoms with Crippen LogP contribution in [0.5, 0.6) is 0 Å². The maximum Gasteiger partial charge on any atom is 0.0960 e. The fraction of sp³-hybridized carbons (Fsp3) is 0.167. The lowest BCUT2D eigenvalue weighted by Gasteiger charge is -2.15. The van der Waals surface area contributed by atoms with Crippen LogP contribution in [0.25, 0.3) is 5.57 Å². The highest BCUT2D eigenvalue weighted by Gasteiger charge is 2.12. The second-order valence-electron chi connectivity index (χ2n) is 8.35. The van der Waals surface area contributed by atoms with Crippen molar-refractivity contribution in [2.45, 2.75) is 34.6 Å². The highest BCUT2D eigenvalue weighted by atomic mass is 19.1. The Morgan fingerprint density at radius 3 is 1.95 bits per heavy atom. The topological polar surface area (TPSA) is 12.0 Å². The minimum atomic E-state index is 0.390. The molecule has 0 aliphatic carbocycles. The van der Waals surface area contributed by atoms with Gasteiger partial charge in [-0.05, 0) is 74.6 Å². The Balaban J connectivity index is 3.92. The molecular weight excluding hydrogens is 465 g/mol. The average Bonchev–Trinajstić information content (AvgIpc) is 2.94. The Morgan fingerprint density at radius 1 is 0.763 bits per heavy atom. The lowest BCUT2D eigenvalue weighted by atomic mass is 9.94. The number of benzene rings is 1. The van der Waals surface area contributed by atoms with E-state index in [0.29, 0.717) is 17.6 Å². The summed E-state index contributed by atoms with van der Waals surface area (Å²) in [7, 11) is 1.78. The van der Waals surface area contributed by atoms with Gasteiger partial charge in [-0.2, -0.15) is 0 Å². The first-order valence-corrected chi connectivity index (χ1v) is 12.8. The molecule has 1 aromatic rings. The van der Waals surface area contributed by atoms with Crippen LogP contribution in [0.3, 0.4) is 0 Å². The molecule has 1 rings (SSSR count). The van der Waals surface area contributed by atoms with Crippen LogP contribution in [0.15, 0.2) is 162 Å². The van der Waals surface area contributed by atoms with E-state index in [0.717, 1.165) is 33.4 Å². The molecule has 0 aliphatic rings. The quantitative estimate of drug-likeness (QED) is 0.262. The Hall–Kier alpha value is -4.17. The van der Waals surface area contributed by atoms with Gasteiger partial charge in [-0.1, -0.05) is 116 Å². The molecule has 0 amide bonds. The fourth-order valence-corrected chi connectivity index (χ4v) is 3.74. The SMILES string of the molecule is C=CC(\C(\C=C/C)=C/C)=C(NC)/C(=C\F)/C=C(C=C)/C(/C=C/C=C/C)=C/C(=C\C=C/C)c1ccc(C)cc1. The summed E-state index contributed by atoms with van der Waals surface area (Å²) in [6.45, 7) is 18.0. The molecule has 1 aromatic carbocycles. The van der Waals surface area contributed by atoms with E-state index in [2.05, 4.69) is 61.8 Å². The van der Waals surface area contributed by atoms with E-state index in [-0.39, 0.29) is 0 Å². The van der Waals surface area contributed by atoms with E-state index in [4.69, 9.17) is 0 Å². The molecule has 38 heavy (non-hydrogen) atoms. The third-order valence-electron chi connectivity index (χ3n) is 5.71. The van der Waals surface area contributed by atoms with Crippen molar-refractivity contribution in [2.75, 3.05) is 7.05 Å². The van der Waals surface area contributed by atoms with Gasteiger partial charge < -0.3 is 5.32 Å². The molecule has 1 N–H and O–H groups in total. The molecule has 0 saturated heterocycles. The minimum absolute atomic E-state index is 0.390. The summed E-state index contributed by atoms with van der Waals surface area (Å²) in [4.78, 5) is 0. The average molecular weight is 508 g/mol. The normalized spacial score (nSPS) is 15.2. The smallest absolute Gasteiger partial charge is 0.0960 e. The molecule has 0 saturated carbocycles. The maximum atomic E-state index is 14.5. The second kappa shape index (κ2) is 18.1. The van der Waals surface area contributed by atoms with Crippen molar-refractivity contribution in [3.63, 3.8) is 0 Å². The van der Waals surface area contributed by atoms with Gasteiger partial charge in [0, 0.05) is 18.2 Å². The van der Waals surface area contributed by atoms with Crippen molar-refractivity contribution in [1.82, 2.24) is 5.32 Å². The van der Waals surface area contributed by atoms with Gasteiger partial charge in [0.25, 0.3) is 0 Å². The van der Waals surface area contributed by atoms with Crippen LogP contribution in [0, 0.1) is 6.92 Å². The summed E-state index contributed by atoms with van der Waals surface area (Å²) < 4.78 is 14.5. The van der Waals surface area contributed by atoms with Crippen LogP contribution in [0.1, 0.15) is 38.8 Å². The molecule has 0 aliphatic heterocycles. The van der Waals surface area contributed by atoms with Crippen LogP contribution in [-0.2, 0) is 0 Å². The van der Waals surface area contributed by atoms with Gasteiger partial charge in [0.1, 0.15) is 0 Å². The second-order valence-corrected chi connectivity index (χ2v) is 8.35. The van der Waals surface area contributed by atoms with Gasteiger partial charge in [-0.3, -0.25) is 0 Å². The number of hydrogen-bond acceptors (Lipinski definition) is 1. The summed E-state index contributed by atoms with van der Waals surface area (Å²) in [5, 5.41) is 3.18. The first kappa shape index (κ1) is 31.9. The lowest BCUT2D eigenvalue weighted by Crippen LogP contribution is -2.11. The van der Waals surface area contributed by atoms with Crippen LogP contribution in [0.4, 0.5) is 4.39 Å². The standard InChI is InChI=1S/C36H42FN/c1-9-15-17-20-32(26-33(19-16-10-2)31-23-21-28(7)22-24-31)30(13-5)25-34(27-37)36(38-8)35(14-6)29(12-4)18-11-3/h9-27,38H,5-6H2,1-4,7-8H3/b15-9+,16-10-,18-11-,20-17+,29-12-,30-25+,32-26+,33-19+,34-27-,36-35-. The van der Waals surface area contributed by atoms with Crippen molar-refractivity contribution < 1.29 is 4.39 Å². The number of nitrogens with one attached hydrogen (secondary N) is 1. The number of rotatable bonds is 13. The van der Waals surface area contributed by atoms with E-state index in [1.807, 2.05) is 82.4 Å². The number of likely N-dealkylation sites (N-methyl/N-ethyl adjacent to an activating group) is 1. The highest BCUT2D eigenvalue weighted by molar-refractivity contribution is 5.78. The van der Waals surface area contributed by atoms with Crippen molar-refractivity contribution in [1.29, 1.82) is 0 Å². The zero-order valence-electron chi connectivity index (χ0n) is 23.8. The van der Waals surface area contributed by atoms with Crippen molar-refractivity contribution in [3.8, 4) is 0 Å². The monoisotopic (exact) mass is 507 g/mol. The molecule has 2 heteroatoms. The summed E-state index contributed by atoms with van der Waals surface area (Å²) >= 11 is 0. The van der Waals surface area contributed by atoms with E-state index >= 15 is 0 Å². The third-order valence-corrected chi connectivity index (χ3v) is 5.71. The van der Waals surface area contributed by atoms with Crippen molar-refractivity contribution in [2.24, 2.45) is 0 Å². The molecule has 0 aromatic heterocycles. The zero-order valence-corrected chi connectivity index (χ0v) is 23.8. The van der Waals surface area contributed by atoms with Crippen LogP contribution < -0.4 is 5.32 Å². The third kappa shape index (κ3) is 9.71. The molecule has 0 fully saturated rings. The first-order chi connectivity index (χ1) is 18.4. The fourth-order valence-electron chi connectivity index (χ4n) is 3.74. The Morgan fingerprint density at radius 2 is 1.45 bits per heavy atom. The van der Waals surface area contributed by atoms with E-state index in [9.17, 15) is 4.39 Å². The number of hydrogen-bond donors (Lipinski definition) is 1. The van der Waals surface area contributed by atoms with Gasteiger partial charge in [0.15, 0.2) is 0 Å². The molecule has 0 bridgehead atoms. The minimum Gasteiger partial charge on any atom is -0.387 e. The molecular formula is C36H42FN. The molecule has 0 atom stereocenters. The molecule has 0 spiro atoms. The van der Waals surface area contributed by atoms with Gasteiger partial charge in [0.2, 0.25) is 0 Å². The number of aryl methyl sites for hydroxylation is 1. The molecule has 0 heterocycles. The Kier molecular flexibility index (Phi) is 15.2. The summed E-state index contributed by atoms with van der Waals surface area (Å²) in [5.74, 6) is 0. The molecule has 198 valence electrons. The Labute approximate surface area is 230 Å². The molecule has 0 unspecified atom stereocenters. The van der Waals surface area contributed by atoms with E-state index in [1.165, 1.54) is 5.56 Å². The summed E-state index contributed by atoms with van der Waals surface area (Å²) in [6.07, 6.45) is 27.9. The molecule has 0 radical (unpaired) electrons. The largest absolute Gasteiger partial charge is 0.387 e. The van der Waals surface area contributed by atoms with E-state index < -0.39 is 0 Å². The highest BCUT2D eigenvalue weighted by Crippen LogP contribution is 2.27. The maximum absolute atomic E-state index is 14.5. The zero-order chi connectivity index (χ0) is 28.3. The van der Waals surface area contributed by atoms with E-state index in [1.54, 1.807) is 25.3 Å². The van der Waals surface area contributed by atoms with Gasteiger partial charge in [0.05, 0.1) is 12.0 Å². The van der Waals surface area contributed by atoms with Gasteiger partial charge in [-0.25, -0.2) is 4.39 Å². The molecule has 1 nitrogen and oxygen atoms in total. The van der Waals surface area contributed by atoms with Crippen LogP contribution in [-0.4, -0.2) is 7.05 Å². The first-order valence-electron chi connectivity index (χ1n) is 12.8. The Bertz CT molecular complexity index is 1250. The van der Waals surface area contributed by atoms with Crippen LogP contribution in [0.2, 0.25) is 0 Å². The van der Waals surface area contributed by atoms with Gasteiger partial charge in [-0.15, -0.1) is 0 Å². The van der Waals surface area contributed by atoms with Crippen molar-refractivity contribution >= 4 is 5.57 Å². The number of halogens is 1. The summed E-state index contributed by atoms with van der Waals surface area (Å²) in [6, 6.07) is 8.41. The summed E-state index contributed by atoms with van der Waals surface area (Å²) in [5.41, 5.74) is 7.75. The number of allylic oxidation sites excluding steroid dienone is 19. The van der Waals surface area contributed by atoms with Gasteiger partial charge >= 0.3 is 0 Å². The van der Waals surface area contributed by atoms with Crippen molar-refractivity contribution in [3.05, 3.63) is 174 Å². The predicted octanol–water partition coefficient (Wildman–Crippen LogP) is 10.2. The van der Waals surface area contributed by atoms with Crippen LogP contribution >= 0.6 is 0 Å². The lowest BCUT2D eigenvalue weighted by molar-refractivity contribution is 0.711. The predicted molar refractivity (Wildman–Crippen MR) is 168 cm³/mol.